The van der Waals surface area contributed by atoms with E-state index < -0.39 is 69.4 Å². The topological polar surface area (TPSA) is 300 Å². The van der Waals surface area contributed by atoms with Crippen LogP contribution in [0.2, 0.25) is 0 Å². The van der Waals surface area contributed by atoms with Crippen molar-refractivity contribution in [1.29, 1.82) is 0 Å². The summed E-state index contributed by atoms with van der Waals surface area (Å²) < 4.78 is 45.6. The van der Waals surface area contributed by atoms with Crippen LogP contribution in [0.25, 0.3) is 0 Å². The van der Waals surface area contributed by atoms with Crippen molar-refractivity contribution < 1.29 is 75.6 Å². The summed E-state index contributed by atoms with van der Waals surface area (Å²) in [6.45, 7) is -1.88. The van der Waals surface area contributed by atoms with E-state index >= 15 is 0 Å². The number of primary sulfonamides is 2. The van der Waals surface area contributed by atoms with Gasteiger partial charge in [0.25, 0.3) is 0 Å². The number of benzene rings is 2. The third-order valence-electron chi connectivity index (χ3n) is 7.25. The zero-order chi connectivity index (χ0) is 38.2. The van der Waals surface area contributed by atoms with Crippen molar-refractivity contribution in [3.8, 4) is 0 Å². The number of nitrogens with zero attached hydrogens (tertiary/aromatic N) is 3. The van der Waals surface area contributed by atoms with Crippen LogP contribution < -0.4 is 20.9 Å². The monoisotopic (exact) mass is 821 g/mol. The summed E-state index contributed by atoms with van der Waals surface area (Å²) in [7, 11) is -7.69. The number of aliphatic carboxylic acids is 3. The maximum Gasteiger partial charge on any atom is 0.317 e. The van der Waals surface area contributed by atoms with Gasteiger partial charge in [-0.2, -0.15) is 0 Å². The molecule has 22 heteroatoms. The Morgan fingerprint density at radius 1 is 0.519 bits per heavy atom. The Balaban J connectivity index is 0.0000135. The molecule has 0 aliphatic heterocycles. The minimum absolute atomic E-state index is 0. The number of carboxylic acids is 3. The second-order valence-electron chi connectivity index (χ2n) is 11.5. The van der Waals surface area contributed by atoms with Gasteiger partial charge in [-0.3, -0.25) is 38.7 Å². The average Bonchev–Trinajstić information content (AvgIpc) is 3.01. The summed E-state index contributed by atoms with van der Waals surface area (Å²) in [6, 6.07) is 11.5. The fraction of sp³-hybridized carbons (Fsp3) is 0.433. The average molecular weight is 823 g/mol. The molecule has 0 fully saturated rings. The predicted molar refractivity (Wildman–Crippen MR) is 181 cm³/mol. The maximum atomic E-state index is 12.6. The van der Waals surface area contributed by atoms with Crippen molar-refractivity contribution in [2.45, 2.75) is 22.6 Å². The third-order valence-corrected chi connectivity index (χ3v) is 9.11. The molecular weight excluding hydrogens is 780 g/mol. The van der Waals surface area contributed by atoms with Gasteiger partial charge in [0.1, 0.15) is 0 Å². The van der Waals surface area contributed by atoms with Crippen molar-refractivity contribution in [2.24, 2.45) is 10.3 Å². The van der Waals surface area contributed by atoms with E-state index in [-0.39, 0.29) is 81.6 Å². The van der Waals surface area contributed by atoms with E-state index in [2.05, 4.69) is 10.6 Å². The summed E-state index contributed by atoms with van der Waals surface area (Å²) in [5.74, 6) is -4.64. The van der Waals surface area contributed by atoms with Crippen molar-refractivity contribution in [1.82, 2.24) is 25.3 Å². The molecule has 2 aromatic rings. The molecule has 2 rings (SSSR count). The molecule has 52 heavy (non-hydrogen) atoms. The number of nitrogens with one attached hydrogen (secondary N) is 2. The predicted octanol–water partition coefficient (Wildman–Crippen LogP) is -2.84. The van der Waals surface area contributed by atoms with Crippen LogP contribution in [0.5, 0.6) is 0 Å². The molecule has 0 radical (unpaired) electrons. The number of nitrogens with two attached hydrogens (primary N) is 2. The standard InChI is InChI=1S/C30H43N7O12S2.Zn/c31-50(46,47)24-5-1-22(2-6-24)9-11-33-26(38)17-36(20-29(42)43)15-13-35(19-28(40)41)14-16-37(21-30(44)45)18-27(39)34-12-10-23-3-7-25(8-4-23)51(32,48)49;/h1-8H,9-21H2,(H,33,38)(H,34,39)(H,40,41)(H,42,43)(H,44,45)(H2,31,46,47)(H2,32,48,49);. The maximum absolute atomic E-state index is 12.6. The second-order valence-corrected chi connectivity index (χ2v) is 14.6. The minimum atomic E-state index is -3.85. The van der Waals surface area contributed by atoms with Crippen LogP contribution in [0.1, 0.15) is 11.1 Å². The fourth-order valence-corrected chi connectivity index (χ4v) is 5.77. The van der Waals surface area contributed by atoms with E-state index in [0.29, 0.717) is 12.8 Å². The summed E-state index contributed by atoms with van der Waals surface area (Å²) in [5, 5.41) is 43.6. The first-order chi connectivity index (χ1) is 23.8. The van der Waals surface area contributed by atoms with E-state index in [4.69, 9.17) is 10.3 Å². The van der Waals surface area contributed by atoms with Crippen LogP contribution in [-0.2, 0) is 76.3 Å². The summed E-state index contributed by atoms with van der Waals surface area (Å²) in [6.07, 6.45) is 0.703. The van der Waals surface area contributed by atoms with E-state index in [1.54, 1.807) is 24.3 Å². The van der Waals surface area contributed by atoms with Gasteiger partial charge in [-0.05, 0) is 48.2 Å². The molecule has 284 valence electrons. The number of amides is 2. The van der Waals surface area contributed by atoms with Gasteiger partial charge < -0.3 is 26.0 Å². The molecule has 0 spiro atoms. The van der Waals surface area contributed by atoms with Crippen LogP contribution in [0, 0.1) is 0 Å². The molecule has 0 atom stereocenters. The van der Waals surface area contributed by atoms with Crippen LogP contribution in [0.15, 0.2) is 58.3 Å². The Morgan fingerprint density at radius 3 is 1.10 bits per heavy atom. The molecule has 2 amide bonds. The molecular formula is C30H43N7O12S2Zn. The van der Waals surface area contributed by atoms with Crippen LogP contribution in [0.4, 0.5) is 0 Å². The largest absolute Gasteiger partial charge is 0.480 e. The van der Waals surface area contributed by atoms with Crippen LogP contribution in [-0.4, -0.2) is 149 Å². The zero-order valence-electron chi connectivity index (χ0n) is 28.3. The van der Waals surface area contributed by atoms with Crippen LogP contribution >= 0.6 is 0 Å². The van der Waals surface area contributed by atoms with Crippen molar-refractivity contribution in [3.05, 3.63) is 59.7 Å². The van der Waals surface area contributed by atoms with Gasteiger partial charge in [0.15, 0.2) is 0 Å². The molecule has 19 nitrogen and oxygen atoms in total. The minimum Gasteiger partial charge on any atom is -0.480 e. The number of sulfonamides is 2. The molecule has 9 N–H and O–H groups in total. The zero-order valence-corrected chi connectivity index (χ0v) is 32.9. The summed E-state index contributed by atoms with van der Waals surface area (Å²) >= 11 is 0. The fourth-order valence-electron chi connectivity index (χ4n) is 4.74. The SMILES string of the molecule is NS(=O)(=O)c1ccc(CCNC(=O)CN(CCN(CCN(CC(=O)O)CC(=O)NCCc2ccc(S(N)(=O)=O)cc2)CC(=O)O)CC(=O)O)cc1.[Zn]. The van der Waals surface area contributed by atoms with E-state index in [1.165, 1.54) is 39.0 Å². The molecule has 0 aliphatic rings. The van der Waals surface area contributed by atoms with Gasteiger partial charge in [0.05, 0.1) is 42.5 Å². The number of hydrogen-bond acceptors (Lipinski definition) is 12. The Bertz CT molecular complexity index is 1610. The van der Waals surface area contributed by atoms with E-state index in [9.17, 15) is 56.1 Å². The first-order valence-electron chi connectivity index (χ1n) is 15.4. The Labute approximate surface area is 314 Å². The second kappa shape index (κ2) is 22.2. The third kappa shape index (κ3) is 19.1. The molecule has 0 saturated heterocycles. The van der Waals surface area contributed by atoms with Gasteiger partial charge in [-0.15, -0.1) is 0 Å². The molecule has 2 aromatic carbocycles. The smallest absolute Gasteiger partial charge is 0.317 e. The number of hydrogen-bond donors (Lipinski definition) is 7. The van der Waals surface area contributed by atoms with E-state index in [1.807, 2.05) is 0 Å². The number of carboxylic acid groups (broad SMARTS) is 3. The van der Waals surface area contributed by atoms with Gasteiger partial charge in [-0.1, -0.05) is 24.3 Å². The molecule has 0 aromatic heterocycles. The summed E-state index contributed by atoms with van der Waals surface area (Å²) in [5.41, 5.74) is 1.44. The molecule has 0 unspecified atom stereocenters. The van der Waals surface area contributed by atoms with Gasteiger partial charge in [0, 0.05) is 58.7 Å². The molecule has 0 heterocycles. The quantitative estimate of drug-likeness (QED) is 0.0525. The van der Waals surface area contributed by atoms with Crippen molar-refractivity contribution in [3.63, 3.8) is 0 Å². The van der Waals surface area contributed by atoms with Crippen molar-refractivity contribution in [2.75, 3.05) is 72.0 Å². The Hall–Kier alpha value is -3.89. The molecule has 0 aliphatic carbocycles. The Kier molecular flexibility index (Phi) is 19.7. The normalized spacial score (nSPS) is 11.6. The number of carbonyl (C=O) groups is 5. The van der Waals surface area contributed by atoms with Gasteiger partial charge in [0.2, 0.25) is 31.9 Å². The molecule has 0 bridgehead atoms. The first-order valence-corrected chi connectivity index (χ1v) is 18.5. The van der Waals surface area contributed by atoms with E-state index in [0.717, 1.165) is 11.1 Å². The Morgan fingerprint density at radius 2 is 0.808 bits per heavy atom. The molecule has 0 saturated carbocycles. The summed E-state index contributed by atoms with van der Waals surface area (Å²) in [4.78, 5) is 63.6. The first kappa shape index (κ1) is 46.1. The van der Waals surface area contributed by atoms with Crippen LogP contribution in [0.3, 0.4) is 0 Å². The van der Waals surface area contributed by atoms with Crippen molar-refractivity contribution >= 4 is 49.8 Å². The van der Waals surface area contributed by atoms with Gasteiger partial charge in [-0.25, -0.2) is 27.1 Å². The van der Waals surface area contributed by atoms with Gasteiger partial charge >= 0.3 is 17.9 Å². The number of carbonyl (C=O) groups excluding carboxylic acids is 2. The number of rotatable bonds is 24.